The van der Waals surface area contributed by atoms with Crippen LogP contribution < -0.4 is 21.1 Å². The summed E-state index contributed by atoms with van der Waals surface area (Å²) in [4.78, 5) is 24.3. The van der Waals surface area contributed by atoms with Crippen LogP contribution in [0.2, 0.25) is 0 Å². The average Bonchev–Trinajstić information content (AvgIpc) is 2.79. The Hall–Kier alpha value is -4.01. The summed E-state index contributed by atoms with van der Waals surface area (Å²) in [5.74, 6) is -0.775. The number of para-hydroxylation sites is 1. The van der Waals surface area contributed by atoms with E-state index >= 15 is 0 Å². The summed E-state index contributed by atoms with van der Waals surface area (Å²) in [6.45, 7) is 1.37. The van der Waals surface area contributed by atoms with Gasteiger partial charge in [0.1, 0.15) is 5.75 Å². The molecule has 2 atom stereocenters. The number of halogens is 3. The number of nitrogens with one attached hydrogen (secondary N) is 2. The van der Waals surface area contributed by atoms with Gasteiger partial charge in [-0.15, -0.1) is 0 Å². The highest BCUT2D eigenvalue weighted by atomic mass is 19.4. The number of benzene rings is 3. The van der Waals surface area contributed by atoms with Gasteiger partial charge in [0.2, 0.25) is 5.91 Å². The Morgan fingerprint density at radius 1 is 1.06 bits per heavy atom. The molecule has 4 N–H and O–H groups in total. The van der Waals surface area contributed by atoms with Crippen molar-refractivity contribution in [2.75, 3.05) is 10.6 Å². The van der Waals surface area contributed by atoms with Gasteiger partial charge in [-0.3, -0.25) is 4.79 Å². The molecule has 2 amide bonds. The molecule has 34 heavy (non-hydrogen) atoms. The van der Waals surface area contributed by atoms with Crippen LogP contribution in [0.1, 0.15) is 28.3 Å². The number of carbonyl (C=O) groups is 2. The molecule has 6 nitrogen and oxygen atoms in total. The molecule has 1 aliphatic heterocycles. The molecule has 0 spiro atoms. The molecule has 0 bridgehead atoms. The zero-order valence-electron chi connectivity index (χ0n) is 18.1. The van der Waals surface area contributed by atoms with Crippen molar-refractivity contribution in [3.05, 3.63) is 89.0 Å². The number of ether oxygens (including phenoxy) is 1. The molecule has 1 aliphatic rings. The van der Waals surface area contributed by atoms with E-state index in [0.29, 0.717) is 6.42 Å². The first kappa shape index (κ1) is 23.2. The van der Waals surface area contributed by atoms with E-state index in [9.17, 15) is 22.8 Å². The van der Waals surface area contributed by atoms with Gasteiger partial charge in [-0.25, -0.2) is 4.79 Å². The Kier molecular flexibility index (Phi) is 6.19. The number of rotatable bonds is 4. The first-order valence-corrected chi connectivity index (χ1v) is 10.5. The van der Waals surface area contributed by atoms with E-state index in [1.54, 1.807) is 24.3 Å². The third-order valence-electron chi connectivity index (χ3n) is 5.78. The van der Waals surface area contributed by atoms with Crippen molar-refractivity contribution in [1.29, 1.82) is 0 Å². The Morgan fingerprint density at radius 2 is 1.76 bits per heavy atom. The zero-order chi connectivity index (χ0) is 24.5. The third-order valence-corrected chi connectivity index (χ3v) is 5.78. The molecule has 0 saturated carbocycles. The standard InChI is InChI=1S/C25H22F3N3O3/c1-14-6-9-17(13-20(14)25(26,27)28)30-23(32)19-12-16-4-2-3-5-21(16)31-22(19)15-7-10-18(11-8-15)34-24(29)33/h2-11,13,19,22,31H,12H2,1H3,(H2,29,33)(H,30,32). The topological polar surface area (TPSA) is 93.4 Å². The summed E-state index contributed by atoms with van der Waals surface area (Å²) < 4.78 is 44.8. The van der Waals surface area contributed by atoms with E-state index in [2.05, 4.69) is 10.6 Å². The Morgan fingerprint density at radius 3 is 2.44 bits per heavy atom. The van der Waals surface area contributed by atoms with Gasteiger partial charge in [-0.2, -0.15) is 13.2 Å². The number of nitrogens with two attached hydrogens (primary N) is 1. The fraction of sp³-hybridized carbons (Fsp3) is 0.200. The number of fused-ring (bicyclic) bond motifs is 1. The molecule has 0 saturated heterocycles. The van der Waals surface area contributed by atoms with Crippen molar-refractivity contribution in [3.8, 4) is 5.75 Å². The quantitative estimate of drug-likeness (QED) is 0.475. The summed E-state index contributed by atoms with van der Waals surface area (Å²) in [7, 11) is 0. The lowest BCUT2D eigenvalue weighted by molar-refractivity contribution is -0.138. The van der Waals surface area contributed by atoms with E-state index in [4.69, 9.17) is 10.5 Å². The minimum atomic E-state index is -4.52. The predicted octanol–water partition coefficient (Wildman–Crippen LogP) is 5.44. The first-order valence-electron chi connectivity index (χ1n) is 10.5. The first-order chi connectivity index (χ1) is 16.1. The van der Waals surface area contributed by atoms with Crippen LogP contribution in [0.15, 0.2) is 66.7 Å². The average molecular weight is 469 g/mol. The van der Waals surface area contributed by atoms with Crippen molar-refractivity contribution < 1.29 is 27.5 Å². The maximum Gasteiger partial charge on any atom is 0.416 e. The van der Waals surface area contributed by atoms with Crippen LogP contribution in [0.25, 0.3) is 0 Å². The van der Waals surface area contributed by atoms with Crippen molar-refractivity contribution >= 4 is 23.4 Å². The van der Waals surface area contributed by atoms with Gasteiger partial charge in [0.15, 0.2) is 0 Å². The molecule has 9 heteroatoms. The van der Waals surface area contributed by atoms with Gasteiger partial charge in [-0.05, 0) is 60.4 Å². The fourth-order valence-electron chi connectivity index (χ4n) is 4.12. The van der Waals surface area contributed by atoms with Crippen LogP contribution in [-0.2, 0) is 17.4 Å². The zero-order valence-corrected chi connectivity index (χ0v) is 18.1. The summed E-state index contributed by atoms with van der Waals surface area (Å²) >= 11 is 0. The van der Waals surface area contributed by atoms with Crippen molar-refractivity contribution in [2.45, 2.75) is 25.6 Å². The maximum atomic E-state index is 13.3. The molecule has 0 aromatic heterocycles. The number of hydrogen-bond acceptors (Lipinski definition) is 4. The lowest BCUT2D eigenvalue weighted by Crippen LogP contribution is -2.37. The fourth-order valence-corrected chi connectivity index (χ4v) is 4.12. The Balaban J connectivity index is 1.63. The number of aryl methyl sites for hydroxylation is 1. The number of hydrogen-bond donors (Lipinski definition) is 3. The van der Waals surface area contributed by atoms with Crippen LogP contribution in [-0.4, -0.2) is 12.0 Å². The molecule has 176 valence electrons. The molecule has 0 fully saturated rings. The SMILES string of the molecule is Cc1ccc(NC(=O)C2Cc3ccccc3NC2c2ccc(OC(N)=O)cc2)cc1C(F)(F)F. The summed E-state index contributed by atoms with van der Waals surface area (Å²) in [5.41, 5.74) is 6.93. The molecule has 3 aromatic carbocycles. The normalized spacial score (nSPS) is 17.3. The second-order valence-corrected chi connectivity index (χ2v) is 8.10. The van der Waals surface area contributed by atoms with Crippen LogP contribution in [0.5, 0.6) is 5.75 Å². The lowest BCUT2D eigenvalue weighted by atomic mass is 9.83. The van der Waals surface area contributed by atoms with Gasteiger partial charge in [-0.1, -0.05) is 36.4 Å². The van der Waals surface area contributed by atoms with Gasteiger partial charge in [0, 0.05) is 11.4 Å². The van der Waals surface area contributed by atoms with Crippen molar-refractivity contribution in [2.24, 2.45) is 11.7 Å². The predicted molar refractivity (Wildman–Crippen MR) is 121 cm³/mol. The molecule has 4 rings (SSSR count). The monoisotopic (exact) mass is 469 g/mol. The number of amides is 2. The smallest absolute Gasteiger partial charge is 0.411 e. The van der Waals surface area contributed by atoms with Crippen LogP contribution in [0, 0.1) is 12.8 Å². The molecular weight excluding hydrogens is 447 g/mol. The minimum absolute atomic E-state index is 0.0748. The highest BCUT2D eigenvalue weighted by Gasteiger charge is 2.36. The summed E-state index contributed by atoms with van der Waals surface area (Å²) in [5, 5.41) is 6.02. The van der Waals surface area contributed by atoms with Crippen LogP contribution in [0.3, 0.4) is 0 Å². The Labute approximate surface area is 193 Å². The molecule has 2 unspecified atom stereocenters. The van der Waals surface area contributed by atoms with Gasteiger partial charge >= 0.3 is 12.3 Å². The van der Waals surface area contributed by atoms with Crippen LogP contribution >= 0.6 is 0 Å². The third kappa shape index (κ3) is 4.98. The van der Waals surface area contributed by atoms with E-state index in [-0.39, 0.29) is 17.0 Å². The van der Waals surface area contributed by atoms with E-state index in [1.807, 2.05) is 24.3 Å². The van der Waals surface area contributed by atoms with Gasteiger partial charge < -0.3 is 21.1 Å². The summed E-state index contributed by atoms with van der Waals surface area (Å²) in [6.07, 6.45) is -5.07. The lowest BCUT2D eigenvalue weighted by Gasteiger charge is -2.34. The molecule has 3 aromatic rings. The van der Waals surface area contributed by atoms with E-state index in [1.165, 1.54) is 19.1 Å². The van der Waals surface area contributed by atoms with Crippen molar-refractivity contribution in [1.82, 2.24) is 0 Å². The molecule has 1 heterocycles. The molecule has 0 aliphatic carbocycles. The van der Waals surface area contributed by atoms with Crippen molar-refractivity contribution in [3.63, 3.8) is 0 Å². The largest absolute Gasteiger partial charge is 0.416 e. The minimum Gasteiger partial charge on any atom is -0.411 e. The number of carbonyl (C=O) groups excluding carboxylic acids is 2. The molecule has 0 radical (unpaired) electrons. The highest BCUT2D eigenvalue weighted by molar-refractivity contribution is 5.94. The number of alkyl halides is 3. The van der Waals surface area contributed by atoms with Gasteiger partial charge in [0.25, 0.3) is 0 Å². The second kappa shape index (κ2) is 9.09. The number of anilines is 2. The second-order valence-electron chi connectivity index (χ2n) is 8.10. The highest BCUT2D eigenvalue weighted by Crippen LogP contribution is 2.38. The Bertz CT molecular complexity index is 1230. The maximum absolute atomic E-state index is 13.3. The van der Waals surface area contributed by atoms with Gasteiger partial charge in [0.05, 0.1) is 17.5 Å². The molecular formula is C25H22F3N3O3. The van der Waals surface area contributed by atoms with E-state index < -0.39 is 35.7 Å². The van der Waals surface area contributed by atoms with Crippen LogP contribution in [0.4, 0.5) is 29.3 Å². The van der Waals surface area contributed by atoms with E-state index in [0.717, 1.165) is 22.9 Å². The summed E-state index contributed by atoms with van der Waals surface area (Å²) in [6, 6.07) is 17.3. The number of primary amides is 1.